The van der Waals surface area contributed by atoms with E-state index < -0.39 is 0 Å². The summed E-state index contributed by atoms with van der Waals surface area (Å²) in [5.74, 6) is -0.101. The highest BCUT2D eigenvalue weighted by molar-refractivity contribution is 5.78. The monoisotopic (exact) mass is 220 g/mol. The van der Waals surface area contributed by atoms with Gasteiger partial charge in [0.1, 0.15) is 0 Å². The third-order valence-electron chi connectivity index (χ3n) is 2.73. The fourth-order valence-electron chi connectivity index (χ4n) is 1.53. The average molecular weight is 220 g/mol. The van der Waals surface area contributed by atoms with Crippen LogP contribution in [0.2, 0.25) is 0 Å². The molecule has 1 amide bonds. The van der Waals surface area contributed by atoms with Crippen LogP contribution in [0.5, 0.6) is 0 Å². The highest BCUT2D eigenvalue weighted by Crippen LogP contribution is 2.16. The van der Waals surface area contributed by atoms with E-state index in [4.69, 9.17) is 5.73 Å². The van der Waals surface area contributed by atoms with Gasteiger partial charge in [-0.25, -0.2) is 0 Å². The zero-order valence-corrected chi connectivity index (χ0v) is 9.94. The molecule has 0 saturated carbocycles. The van der Waals surface area contributed by atoms with E-state index in [1.54, 1.807) is 0 Å². The maximum Gasteiger partial charge on any atom is 0.224 e. The summed E-state index contributed by atoms with van der Waals surface area (Å²) in [4.78, 5) is 11.7. The number of rotatable bonds is 5. The molecule has 3 heteroatoms. The molecule has 88 valence electrons. The number of amides is 1. The quantitative estimate of drug-likeness (QED) is 0.795. The molecule has 0 unspecified atom stereocenters. The summed E-state index contributed by atoms with van der Waals surface area (Å²) in [6.45, 7) is 4.29. The molecule has 0 aromatic heterocycles. The summed E-state index contributed by atoms with van der Waals surface area (Å²) in [6.07, 6.45) is 0.882. The molecule has 0 bridgehead atoms. The van der Waals surface area contributed by atoms with Gasteiger partial charge in [-0.05, 0) is 12.0 Å². The maximum atomic E-state index is 11.7. The summed E-state index contributed by atoms with van der Waals surface area (Å²) in [7, 11) is 0. The number of carbonyl (C=O) groups excluding carboxylic acids is 1. The number of benzene rings is 1. The van der Waals surface area contributed by atoms with Crippen LogP contribution >= 0.6 is 0 Å². The number of hydrogen-bond acceptors (Lipinski definition) is 2. The first kappa shape index (κ1) is 12.7. The minimum absolute atomic E-state index is 0.0261. The first-order chi connectivity index (χ1) is 7.69. The highest BCUT2D eigenvalue weighted by atomic mass is 16.1. The lowest BCUT2D eigenvalue weighted by Gasteiger charge is -2.19. The van der Waals surface area contributed by atoms with Gasteiger partial charge in [0.05, 0.1) is 6.04 Å². The van der Waals surface area contributed by atoms with Crippen molar-refractivity contribution in [2.45, 2.75) is 26.3 Å². The van der Waals surface area contributed by atoms with Crippen molar-refractivity contribution in [2.75, 3.05) is 6.54 Å². The Hall–Kier alpha value is -1.35. The lowest BCUT2D eigenvalue weighted by Crippen LogP contribution is -2.35. The smallest absolute Gasteiger partial charge is 0.224 e. The van der Waals surface area contributed by atoms with Crippen LogP contribution in [-0.2, 0) is 4.79 Å². The van der Waals surface area contributed by atoms with Gasteiger partial charge in [-0.1, -0.05) is 44.2 Å². The molecular weight excluding hydrogens is 200 g/mol. The minimum Gasteiger partial charge on any atom is -0.349 e. The van der Waals surface area contributed by atoms with Crippen LogP contribution in [0.15, 0.2) is 30.3 Å². The second kappa shape index (κ2) is 6.28. The Balaban J connectivity index is 2.66. The van der Waals surface area contributed by atoms with E-state index in [9.17, 15) is 4.79 Å². The molecule has 1 rings (SSSR count). The first-order valence-electron chi connectivity index (χ1n) is 5.74. The fraction of sp³-hybridized carbons (Fsp3) is 0.462. The molecule has 16 heavy (non-hydrogen) atoms. The highest BCUT2D eigenvalue weighted by Gasteiger charge is 2.16. The number of hydrogen-bond donors (Lipinski definition) is 2. The number of nitrogens with two attached hydrogens (primary N) is 1. The van der Waals surface area contributed by atoms with Crippen molar-refractivity contribution < 1.29 is 4.79 Å². The standard InChI is InChI=1S/C13H20N2O/c1-3-12(11-7-5-4-6-8-11)15-13(16)10(2)9-14/h4-8,10,12H,3,9,14H2,1-2H3,(H,15,16)/t10-,12+/m1/s1. The molecule has 0 heterocycles. The topological polar surface area (TPSA) is 55.1 Å². The number of nitrogens with one attached hydrogen (secondary N) is 1. The Labute approximate surface area is 97.0 Å². The third-order valence-corrected chi connectivity index (χ3v) is 2.73. The van der Waals surface area contributed by atoms with Gasteiger partial charge in [0.25, 0.3) is 0 Å². The van der Waals surface area contributed by atoms with Crippen molar-refractivity contribution in [2.24, 2.45) is 11.7 Å². The Kier molecular flexibility index (Phi) is 4.99. The van der Waals surface area contributed by atoms with E-state index in [1.807, 2.05) is 37.3 Å². The van der Waals surface area contributed by atoms with E-state index in [0.717, 1.165) is 12.0 Å². The van der Waals surface area contributed by atoms with Gasteiger partial charge in [0, 0.05) is 12.5 Å². The summed E-state index contributed by atoms with van der Waals surface area (Å²) >= 11 is 0. The van der Waals surface area contributed by atoms with Crippen LogP contribution in [0.4, 0.5) is 0 Å². The molecule has 0 spiro atoms. The Morgan fingerprint density at radius 3 is 2.50 bits per heavy atom. The predicted octanol–water partition coefficient (Wildman–Crippen LogP) is 1.85. The van der Waals surface area contributed by atoms with Crippen molar-refractivity contribution >= 4 is 5.91 Å². The zero-order chi connectivity index (χ0) is 12.0. The number of carbonyl (C=O) groups is 1. The van der Waals surface area contributed by atoms with Gasteiger partial charge in [-0.15, -0.1) is 0 Å². The molecule has 3 nitrogen and oxygen atoms in total. The van der Waals surface area contributed by atoms with Gasteiger partial charge in [0.15, 0.2) is 0 Å². The Bertz CT molecular complexity index is 324. The molecule has 0 fully saturated rings. The van der Waals surface area contributed by atoms with Gasteiger partial charge in [-0.3, -0.25) is 4.79 Å². The lowest BCUT2D eigenvalue weighted by molar-refractivity contribution is -0.125. The normalized spacial score (nSPS) is 14.2. The second-order valence-electron chi connectivity index (χ2n) is 4.02. The second-order valence-corrected chi connectivity index (χ2v) is 4.02. The minimum atomic E-state index is -0.127. The summed E-state index contributed by atoms with van der Waals surface area (Å²) in [5.41, 5.74) is 6.61. The van der Waals surface area contributed by atoms with Crippen LogP contribution in [0.25, 0.3) is 0 Å². The van der Waals surface area contributed by atoms with Gasteiger partial charge in [-0.2, -0.15) is 0 Å². The molecular formula is C13H20N2O. The van der Waals surface area contributed by atoms with E-state index in [2.05, 4.69) is 12.2 Å². The molecule has 0 radical (unpaired) electrons. The molecule has 0 aliphatic carbocycles. The van der Waals surface area contributed by atoms with Crippen LogP contribution in [0.1, 0.15) is 31.9 Å². The Morgan fingerprint density at radius 2 is 2.00 bits per heavy atom. The van der Waals surface area contributed by atoms with Crippen molar-refractivity contribution in [3.05, 3.63) is 35.9 Å². The van der Waals surface area contributed by atoms with Crippen molar-refractivity contribution in [3.63, 3.8) is 0 Å². The lowest BCUT2D eigenvalue weighted by atomic mass is 10.0. The third kappa shape index (κ3) is 3.35. The SMILES string of the molecule is CC[C@H](NC(=O)[C@H](C)CN)c1ccccc1. The van der Waals surface area contributed by atoms with Gasteiger partial charge in [0.2, 0.25) is 5.91 Å². The van der Waals surface area contributed by atoms with Gasteiger partial charge >= 0.3 is 0 Å². The van der Waals surface area contributed by atoms with E-state index in [1.165, 1.54) is 0 Å². The van der Waals surface area contributed by atoms with Crippen LogP contribution in [0.3, 0.4) is 0 Å². The summed E-state index contributed by atoms with van der Waals surface area (Å²) in [5, 5.41) is 3.01. The first-order valence-corrected chi connectivity index (χ1v) is 5.74. The molecule has 3 N–H and O–H groups in total. The fourth-order valence-corrected chi connectivity index (χ4v) is 1.53. The predicted molar refractivity (Wildman–Crippen MR) is 65.8 cm³/mol. The van der Waals surface area contributed by atoms with Crippen LogP contribution < -0.4 is 11.1 Å². The molecule has 0 aliphatic rings. The molecule has 1 aromatic rings. The maximum absolute atomic E-state index is 11.7. The largest absolute Gasteiger partial charge is 0.349 e. The van der Waals surface area contributed by atoms with Crippen LogP contribution in [-0.4, -0.2) is 12.5 Å². The van der Waals surface area contributed by atoms with E-state index in [0.29, 0.717) is 6.54 Å². The summed E-state index contributed by atoms with van der Waals surface area (Å²) < 4.78 is 0. The Morgan fingerprint density at radius 1 is 1.38 bits per heavy atom. The molecule has 0 aliphatic heterocycles. The van der Waals surface area contributed by atoms with Crippen molar-refractivity contribution in [1.82, 2.24) is 5.32 Å². The molecule has 2 atom stereocenters. The summed E-state index contributed by atoms with van der Waals surface area (Å²) in [6, 6.07) is 10.1. The molecule has 0 saturated heterocycles. The zero-order valence-electron chi connectivity index (χ0n) is 9.94. The van der Waals surface area contributed by atoms with Crippen molar-refractivity contribution in [1.29, 1.82) is 0 Å². The average Bonchev–Trinajstić information content (AvgIpc) is 2.35. The molecule has 1 aromatic carbocycles. The van der Waals surface area contributed by atoms with Gasteiger partial charge < -0.3 is 11.1 Å². The van der Waals surface area contributed by atoms with E-state index in [-0.39, 0.29) is 17.9 Å². The van der Waals surface area contributed by atoms with E-state index >= 15 is 0 Å². The van der Waals surface area contributed by atoms with Crippen LogP contribution in [0, 0.1) is 5.92 Å². The van der Waals surface area contributed by atoms with Crippen molar-refractivity contribution in [3.8, 4) is 0 Å².